The van der Waals surface area contributed by atoms with Crippen LogP contribution in [0.5, 0.6) is 0 Å². The van der Waals surface area contributed by atoms with E-state index in [4.69, 9.17) is 0 Å². The summed E-state index contributed by atoms with van der Waals surface area (Å²) in [5.74, 6) is 0.109. The fraction of sp³-hybridized carbons (Fsp3) is 0.381. The Balaban J connectivity index is 1.87. The number of carbonyl (C=O) groups is 1. The van der Waals surface area contributed by atoms with Gasteiger partial charge in [0.1, 0.15) is 0 Å². The van der Waals surface area contributed by atoms with Gasteiger partial charge >= 0.3 is 0 Å². The highest BCUT2D eigenvalue weighted by Gasteiger charge is 2.15. The van der Waals surface area contributed by atoms with Gasteiger partial charge < -0.3 is 10.2 Å². The third-order valence-electron chi connectivity index (χ3n) is 4.42. The first-order valence-electron chi connectivity index (χ1n) is 8.51. The van der Waals surface area contributed by atoms with Crippen LogP contribution in [0.25, 0.3) is 0 Å². The lowest BCUT2D eigenvalue weighted by atomic mass is 10.0. The summed E-state index contributed by atoms with van der Waals surface area (Å²) >= 11 is 0. The van der Waals surface area contributed by atoms with Crippen LogP contribution >= 0.6 is 0 Å². The first-order valence-corrected chi connectivity index (χ1v) is 8.51. The number of likely N-dealkylation sites (N-methyl/N-ethyl adjacent to an activating group) is 1. The van der Waals surface area contributed by atoms with Crippen LogP contribution in [-0.4, -0.2) is 31.4 Å². The zero-order chi connectivity index (χ0) is 17.5. The Kier molecular flexibility index (Phi) is 6.56. The van der Waals surface area contributed by atoms with Gasteiger partial charge in [0, 0.05) is 13.0 Å². The van der Waals surface area contributed by atoms with Crippen molar-refractivity contribution in [2.24, 2.45) is 0 Å². The van der Waals surface area contributed by atoms with Gasteiger partial charge in [0.15, 0.2) is 0 Å². The van der Waals surface area contributed by atoms with Crippen molar-refractivity contribution in [1.29, 1.82) is 0 Å². The lowest BCUT2D eigenvalue weighted by Gasteiger charge is -2.25. The summed E-state index contributed by atoms with van der Waals surface area (Å²) in [6, 6.07) is 16.9. The van der Waals surface area contributed by atoms with Crippen LogP contribution < -0.4 is 5.32 Å². The van der Waals surface area contributed by atoms with E-state index in [0.29, 0.717) is 13.0 Å². The van der Waals surface area contributed by atoms with E-state index in [-0.39, 0.29) is 11.9 Å². The normalized spacial score (nSPS) is 12.2. The average Bonchev–Trinajstić information content (AvgIpc) is 2.55. The molecule has 0 aromatic heterocycles. The van der Waals surface area contributed by atoms with Crippen LogP contribution in [0.4, 0.5) is 0 Å². The topological polar surface area (TPSA) is 32.3 Å². The molecule has 0 heterocycles. The number of hydrogen-bond donors (Lipinski definition) is 1. The van der Waals surface area contributed by atoms with E-state index >= 15 is 0 Å². The van der Waals surface area contributed by atoms with E-state index in [1.165, 1.54) is 22.3 Å². The molecular formula is C21H28N2O. The summed E-state index contributed by atoms with van der Waals surface area (Å²) in [7, 11) is 4.08. The molecule has 0 radical (unpaired) electrons. The van der Waals surface area contributed by atoms with Crippen LogP contribution in [0, 0.1) is 13.8 Å². The van der Waals surface area contributed by atoms with Gasteiger partial charge in [0.05, 0.1) is 6.04 Å². The molecule has 1 amide bonds. The summed E-state index contributed by atoms with van der Waals surface area (Å²) in [5, 5.41) is 3.08. The molecule has 1 atom stereocenters. The Morgan fingerprint density at radius 2 is 1.79 bits per heavy atom. The SMILES string of the molecule is Cc1ccc(CCC(=O)NC[C@H](c2ccccc2)N(C)C)c(C)c1. The summed E-state index contributed by atoms with van der Waals surface area (Å²) in [6.45, 7) is 4.83. The van der Waals surface area contributed by atoms with E-state index in [0.717, 1.165) is 6.42 Å². The molecule has 128 valence electrons. The largest absolute Gasteiger partial charge is 0.354 e. The van der Waals surface area contributed by atoms with Crippen molar-refractivity contribution in [3.05, 3.63) is 70.8 Å². The number of amides is 1. The predicted molar refractivity (Wildman–Crippen MR) is 100 cm³/mol. The summed E-state index contributed by atoms with van der Waals surface area (Å²) < 4.78 is 0. The molecule has 24 heavy (non-hydrogen) atoms. The number of nitrogens with zero attached hydrogens (tertiary/aromatic N) is 1. The Morgan fingerprint density at radius 1 is 1.08 bits per heavy atom. The molecule has 0 unspecified atom stereocenters. The molecular weight excluding hydrogens is 296 g/mol. The second-order valence-corrected chi connectivity index (χ2v) is 6.62. The number of rotatable bonds is 7. The van der Waals surface area contributed by atoms with Gasteiger partial charge in [-0.05, 0) is 51.1 Å². The lowest BCUT2D eigenvalue weighted by molar-refractivity contribution is -0.121. The molecule has 0 saturated carbocycles. The van der Waals surface area contributed by atoms with Crippen LogP contribution in [0.15, 0.2) is 48.5 Å². The Morgan fingerprint density at radius 3 is 2.42 bits per heavy atom. The quantitative estimate of drug-likeness (QED) is 0.843. The van der Waals surface area contributed by atoms with Crippen molar-refractivity contribution < 1.29 is 4.79 Å². The van der Waals surface area contributed by atoms with Gasteiger partial charge in [-0.1, -0.05) is 54.1 Å². The second kappa shape index (κ2) is 8.65. The molecule has 3 heteroatoms. The highest BCUT2D eigenvalue weighted by atomic mass is 16.1. The molecule has 1 N–H and O–H groups in total. The van der Waals surface area contributed by atoms with Gasteiger partial charge in [0.25, 0.3) is 0 Å². The molecule has 3 nitrogen and oxygen atoms in total. The van der Waals surface area contributed by atoms with Crippen molar-refractivity contribution in [2.45, 2.75) is 32.7 Å². The molecule has 0 aliphatic rings. The first-order chi connectivity index (χ1) is 11.5. The van der Waals surface area contributed by atoms with Gasteiger partial charge in [0.2, 0.25) is 5.91 Å². The fourth-order valence-corrected chi connectivity index (χ4v) is 2.95. The Labute approximate surface area is 145 Å². The standard InChI is InChI=1S/C21H28N2O/c1-16-10-11-18(17(2)14-16)12-13-21(24)22-15-20(23(3)4)19-8-6-5-7-9-19/h5-11,14,20H,12-13,15H2,1-4H3,(H,22,24)/t20-/m1/s1. The zero-order valence-electron chi connectivity index (χ0n) is 15.2. The van der Waals surface area contributed by atoms with Crippen LogP contribution in [0.2, 0.25) is 0 Å². The minimum Gasteiger partial charge on any atom is -0.354 e. The van der Waals surface area contributed by atoms with E-state index in [1.807, 2.05) is 32.3 Å². The van der Waals surface area contributed by atoms with Crippen LogP contribution in [-0.2, 0) is 11.2 Å². The number of carbonyl (C=O) groups excluding carboxylic acids is 1. The lowest BCUT2D eigenvalue weighted by Crippen LogP contribution is -2.34. The number of nitrogens with one attached hydrogen (secondary N) is 1. The third kappa shape index (κ3) is 5.20. The minimum absolute atomic E-state index is 0.109. The smallest absolute Gasteiger partial charge is 0.220 e. The molecule has 0 bridgehead atoms. The summed E-state index contributed by atoms with van der Waals surface area (Å²) in [4.78, 5) is 14.4. The van der Waals surface area contributed by atoms with Crippen LogP contribution in [0.3, 0.4) is 0 Å². The van der Waals surface area contributed by atoms with Gasteiger partial charge in [-0.3, -0.25) is 4.79 Å². The maximum Gasteiger partial charge on any atom is 0.220 e. The van der Waals surface area contributed by atoms with Gasteiger partial charge in [-0.2, -0.15) is 0 Å². The highest BCUT2D eigenvalue weighted by molar-refractivity contribution is 5.76. The molecule has 0 fully saturated rings. The van der Waals surface area contributed by atoms with E-state index < -0.39 is 0 Å². The Bertz CT molecular complexity index is 665. The maximum absolute atomic E-state index is 12.2. The van der Waals surface area contributed by atoms with Crippen molar-refractivity contribution in [2.75, 3.05) is 20.6 Å². The molecule has 0 spiro atoms. The van der Waals surface area contributed by atoms with E-state index in [1.54, 1.807) is 0 Å². The monoisotopic (exact) mass is 324 g/mol. The molecule has 2 aromatic carbocycles. The Hall–Kier alpha value is -2.13. The van der Waals surface area contributed by atoms with Crippen LogP contribution in [0.1, 0.15) is 34.7 Å². The van der Waals surface area contributed by atoms with E-state index in [2.05, 4.69) is 54.4 Å². The minimum atomic E-state index is 0.109. The third-order valence-corrected chi connectivity index (χ3v) is 4.42. The summed E-state index contributed by atoms with van der Waals surface area (Å²) in [6.07, 6.45) is 1.31. The number of hydrogen-bond acceptors (Lipinski definition) is 2. The molecule has 0 aliphatic heterocycles. The maximum atomic E-state index is 12.2. The predicted octanol–water partition coefficient (Wildman–Crippen LogP) is 3.66. The molecule has 0 saturated heterocycles. The molecule has 0 aliphatic carbocycles. The van der Waals surface area contributed by atoms with Crippen molar-refractivity contribution in [1.82, 2.24) is 10.2 Å². The van der Waals surface area contributed by atoms with Gasteiger partial charge in [-0.25, -0.2) is 0 Å². The molecule has 2 aromatic rings. The van der Waals surface area contributed by atoms with Crippen molar-refractivity contribution >= 4 is 5.91 Å². The van der Waals surface area contributed by atoms with Crippen molar-refractivity contribution in [3.63, 3.8) is 0 Å². The average molecular weight is 324 g/mol. The molecule has 2 rings (SSSR count). The number of aryl methyl sites for hydroxylation is 3. The number of benzene rings is 2. The van der Waals surface area contributed by atoms with E-state index in [9.17, 15) is 4.79 Å². The first kappa shape index (κ1) is 18.2. The fourth-order valence-electron chi connectivity index (χ4n) is 2.95. The highest BCUT2D eigenvalue weighted by Crippen LogP contribution is 2.17. The second-order valence-electron chi connectivity index (χ2n) is 6.62. The van der Waals surface area contributed by atoms with Gasteiger partial charge in [-0.15, -0.1) is 0 Å². The zero-order valence-corrected chi connectivity index (χ0v) is 15.2. The summed E-state index contributed by atoms with van der Waals surface area (Å²) in [5.41, 5.74) is 5.00. The van der Waals surface area contributed by atoms with Crippen molar-refractivity contribution in [3.8, 4) is 0 Å².